The van der Waals surface area contributed by atoms with Gasteiger partial charge in [0.1, 0.15) is 5.58 Å². The first-order valence-corrected chi connectivity index (χ1v) is 8.55. The Morgan fingerprint density at radius 3 is 2.84 bits per heavy atom. The number of nitrogens with two attached hydrogens (primary N) is 1. The van der Waals surface area contributed by atoms with Crippen molar-refractivity contribution in [2.24, 2.45) is 0 Å². The Kier molecular flexibility index (Phi) is 3.74. The van der Waals surface area contributed by atoms with Gasteiger partial charge in [0, 0.05) is 5.56 Å². The van der Waals surface area contributed by atoms with E-state index >= 15 is 0 Å². The van der Waals surface area contributed by atoms with E-state index in [4.69, 9.17) is 27.0 Å². The van der Waals surface area contributed by atoms with Crippen LogP contribution in [0.4, 0.5) is 5.69 Å². The van der Waals surface area contributed by atoms with Crippen LogP contribution in [-0.2, 0) is 12.8 Å². The molecule has 124 valence electrons. The molecule has 2 N–H and O–H groups in total. The molecule has 0 spiro atoms. The van der Waals surface area contributed by atoms with E-state index in [0.29, 0.717) is 27.1 Å². The zero-order valence-corrected chi connectivity index (χ0v) is 14.2. The molecule has 3 aromatic rings. The van der Waals surface area contributed by atoms with Gasteiger partial charge in [-0.25, -0.2) is 0 Å². The summed E-state index contributed by atoms with van der Waals surface area (Å²) in [6, 6.07) is 10.5. The van der Waals surface area contributed by atoms with Crippen molar-refractivity contribution >= 4 is 34.0 Å². The van der Waals surface area contributed by atoms with E-state index < -0.39 is 0 Å². The minimum atomic E-state index is -0.347. The SMILES string of the molecule is N#Cc1cccc(C(=O)c2oc3cc4c(c(Cl)c3c2N)CCCC4)c1. The van der Waals surface area contributed by atoms with E-state index in [2.05, 4.69) is 0 Å². The molecule has 1 aromatic heterocycles. The van der Waals surface area contributed by atoms with Gasteiger partial charge in [0.15, 0.2) is 5.76 Å². The van der Waals surface area contributed by atoms with E-state index in [0.717, 1.165) is 31.2 Å². The number of carbonyl (C=O) groups is 1. The van der Waals surface area contributed by atoms with Crippen LogP contribution < -0.4 is 5.73 Å². The van der Waals surface area contributed by atoms with Gasteiger partial charge in [-0.1, -0.05) is 23.7 Å². The summed E-state index contributed by atoms with van der Waals surface area (Å²) in [5, 5.41) is 10.2. The number of rotatable bonds is 2. The van der Waals surface area contributed by atoms with Crippen LogP contribution in [0, 0.1) is 11.3 Å². The van der Waals surface area contributed by atoms with Crippen LogP contribution in [-0.4, -0.2) is 5.78 Å². The number of carbonyl (C=O) groups excluding carboxylic acids is 1. The second-order valence-corrected chi connectivity index (χ2v) is 6.65. The Hall–Kier alpha value is -2.77. The van der Waals surface area contributed by atoms with Crippen LogP contribution in [0.3, 0.4) is 0 Å². The summed E-state index contributed by atoms with van der Waals surface area (Å²) in [5.41, 5.74) is 10.1. The first-order chi connectivity index (χ1) is 12.1. The average Bonchev–Trinajstić information content (AvgIpc) is 2.98. The fourth-order valence-corrected chi connectivity index (χ4v) is 3.88. The van der Waals surface area contributed by atoms with Crippen LogP contribution in [0.25, 0.3) is 11.0 Å². The number of benzene rings is 2. The van der Waals surface area contributed by atoms with Crippen LogP contribution in [0.15, 0.2) is 34.7 Å². The molecular formula is C20H15ClN2O2. The Balaban J connectivity index is 1.88. The minimum absolute atomic E-state index is 0.0781. The third kappa shape index (κ3) is 2.48. The van der Waals surface area contributed by atoms with Gasteiger partial charge >= 0.3 is 0 Å². The van der Waals surface area contributed by atoms with Gasteiger partial charge in [-0.05, 0) is 55.0 Å². The van der Waals surface area contributed by atoms with Gasteiger partial charge in [-0.2, -0.15) is 5.26 Å². The van der Waals surface area contributed by atoms with Crippen LogP contribution in [0.1, 0.15) is 45.7 Å². The van der Waals surface area contributed by atoms with Crippen molar-refractivity contribution in [1.82, 2.24) is 0 Å². The van der Waals surface area contributed by atoms with Gasteiger partial charge in [0.2, 0.25) is 5.78 Å². The number of fused-ring (bicyclic) bond motifs is 2. The van der Waals surface area contributed by atoms with Crippen molar-refractivity contribution in [1.29, 1.82) is 5.26 Å². The van der Waals surface area contributed by atoms with Gasteiger partial charge in [0.25, 0.3) is 0 Å². The predicted octanol–water partition coefficient (Wildman–Crippen LogP) is 4.65. The van der Waals surface area contributed by atoms with Gasteiger partial charge < -0.3 is 10.2 Å². The first kappa shape index (κ1) is 15.7. The second kappa shape index (κ2) is 5.94. The molecule has 1 heterocycles. The normalized spacial score (nSPS) is 13.4. The molecule has 0 amide bonds. The molecule has 5 heteroatoms. The van der Waals surface area contributed by atoms with E-state index in [-0.39, 0.29) is 17.2 Å². The highest BCUT2D eigenvalue weighted by atomic mass is 35.5. The van der Waals surface area contributed by atoms with Crippen LogP contribution in [0.5, 0.6) is 0 Å². The zero-order valence-electron chi connectivity index (χ0n) is 13.4. The fourth-order valence-electron chi connectivity index (χ4n) is 3.47. The molecule has 1 aliphatic rings. The molecule has 0 aliphatic heterocycles. The Morgan fingerprint density at radius 2 is 2.04 bits per heavy atom. The Labute approximate surface area is 149 Å². The van der Waals surface area contributed by atoms with E-state index in [1.165, 1.54) is 11.6 Å². The number of nitrogen functional groups attached to an aromatic ring is 1. The third-order valence-corrected chi connectivity index (χ3v) is 5.15. The van der Waals surface area contributed by atoms with Crippen molar-refractivity contribution < 1.29 is 9.21 Å². The topological polar surface area (TPSA) is 80.0 Å². The number of halogens is 1. The monoisotopic (exact) mass is 350 g/mol. The summed E-state index contributed by atoms with van der Waals surface area (Å²) in [6.07, 6.45) is 4.10. The van der Waals surface area contributed by atoms with Crippen molar-refractivity contribution in [2.75, 3.05) is 5.73 Å². The van der Waals surface area contributed by atoms with Crippen molar-refractivity contribution in [3.63, 3.8) is 0 Å². The standard InChI is InChI=1S/C20H15ClN2O2/c21-17-14-7-2-1-5-12(14)9-15-16(17)18(23)20(25-15)19(24)13-6-3-4-11(8-13)10-22/h3-4,6,8-9H,1-2,5,7,23H2. The largest absolute Gasteiger partial charge is 0.450 e. The summed E-state index contributed by atoms with van der Waals surface area (Å²) in [4.78, 5) is 12.8. The van der Waals surface area contributed by atoms with E-state index in [1.807, 2.05) is 12.1 Å². The molecule has 0 saturated heterocycles. The molecule has 0 atom stereocenters. The maximum absolute atomic E-state index is 12.8. The molecule has 0 unspecified atom stereocenters. The molecule has 0 bridgehead atoms. The molecule has 25 heavy (non-hydrogen) atoms. The first-order valence-electron chi connectivity index (χ1n) is 8.17. The Bertz CT molecular complexity index is 1060. The molecule has 4 rings (SSSR count). The highest BCUT2D eigenvalue weighted by molar-refractivity contribution is 6.38. The highest BCUT2D eigenvalue weighted by Crippen LogP contribution is 2.40. The summed E-state index contributed by atoms with van der Waals surface area (Å²) in [5.74, 6) is -0.269. The van der Waals surface area contributed by atoms with E-state index in [9.17, 15) is 4.79 Å². The number of nitriles is 1. The van der Waals surface area contributed by atoms with Crippen molar-refractivity contribution in [3.05, 3.63) is 63.4 Å². The molecule has 0 fully saturated rings. The lowest BCUT2D eigenvalue weighted by Crippen LogP contribution is -2.04. The molecule has 2 aromatic carbocycles. The van der Waals surface area contributed by atoms with Crippen LogP contribution >= 0.6 is 11.6 Å². The number of hydrogen-bond acceptors (Lipinski definition) is 4. The average molecular weight is 351 g/mol. The molecule has 1 aliphatic carbocycles. The smallest absolute Gasteiger partial charge is 0.230 e. The summed E-state index contributed by atoms with van der Waals surface area (Å²) >= 11 is 6.58. The maximum Gasteiger partial charge on any atom is 0.230 e. The predicted molar refractivity (Wildman–Crippen MR) is 96.9 cm³/mol. The third-order valence-electron chi connectivity index (χ3n) is 4.73. The lowest BCUT2D eigenvalue weighted by Gasteiger charge is -2.17. The number of ketones is 1. The van der Waals surface area contributed by atoms with Crippen molar-refractivity contribution in [3.8, 4) is 6.07 Å². The number of nitrogens with zero attached hydrogens (tertiary/aromatic N) is 1. The van der Waals surface area contributed by atoms with Gasteiger partial charge in [-0.15, -0.1) is 0 Å². The maximum atomic E-state index is 12.8. The van der Waals surface area contributed by atoms with E-state index in [1.54, 1.807) is 18.2 Å². The minimum Gasteiger partial charge on any atom is -0.450 e. The molecule has 0 radical (unpaired) electrons. The zero-order chi connectivity index (χ0) is 17.6. The number of aryl methyl sites for hydroxylation is 1. The summed E-state index contributed by atoms with van der Waals surface area (Å²) in [7, 11) is 0. The number of furan rings is 1. The molecule has 0 saturated carbocycles. The molecule has 4 nitrogen and oxygen atoms in total. The van der Waals surface area contributed by atoms with Gasteiger partial charge in [0.05, 0.1) is 27.7 Å². The lowest BCUT2D eigenvalue weighted by molar-refractivity contribution is 0.101. The number of hydrogen-bond donors (Lipinski definition) is 1. The van der Waals surface area contributed by atoms with Crippen molar-refractivity contribution in [2.45, 2.75) is 25.7 Å². The fraction of sp³-hybridized carbons (Fsp3) is 0.200. The molecular weight excluding hydrogens is 336 g/mol. The summed E-state index contributed by atoms with van der Waals surface area (Å²) in [6.45, 7) is 0. The lowest BCUT2D eigenvalue weighted by atomic mass is 9.90. The van der Waals surface area contributed by atoms with Crippen LogP contribution in [0.2, 0.25) is 5.02 Å². The Morgan fingerprint density at radius 1 is 1.24 bits per heavy atom. The summed E-state index contributed by atoms with van der Waals surface area (Å²) < 4.78 is 5.79. The number of anilines is 1. The second-order valence-electron chi connectivity index (χ2n) is 6.28. The van der Waals surface area contributed by atoms with Gasteiger partial charge in [-0.3, -0.25) is 4.79 Å². The quantitative estimate of drug-likeness (QED) is 0.682. The highest BCUT2D eigenvalue weighted by Gasteiger charge is 2.25.